The Kier molecular flexibility index (Phi) is 7.42. The molecule has 2 rings (SSSR count). The Balaban J connectivity index is 1.83. The first-order valence-electron chi connectivity index (χ1n) is 7.91. The predicted molar refractivity (Wildman–Crippen MR) is 92.2 cm³/mol. The van der Waals surface area contributed by atoms with Gasteiger partial charge in [-0.3, -0.25) is 9.59 Å². The zero-order valence-corrected chi connectivity index (χ0v) is 14.2. The van der Waals surface area contributed by atoms with E-state index in [0.29, 0.717) is 5.75 Å². The summed E-state index contributed by atoms with van der Waals surface area (Å²) in [6.45, 7) is 0.877. The van der Waals surface area contributed by atoms with Gasteiger partial charge in [0.1, 0.15) is 0 Å². The molecule has 1 aliphatic heterocycles. The summed E-state index contributed by atoms with van der Waals surface area (Å²) in [6.07, 6.45) is 2.08. The minimum Gasteiger partial charge on any atom is -0.469 e. The Morgan fingerprint density at radius 2 is 2.17 bits per heavy atom. The Hall–Kier alpha value is -1.53. The van der Waals surface area contributed by atoms with Crippen LogP contribution in [0.2, 0.25) is 0 Å². The van der Waals surface area contributed by atoms with Gasteiger partial charge in [-0.25, -0.2) is 0 Å². The number of benzene rings is 1. The molecule has 2 atom stereocenters. The summed E-state index contributed by atoms with van der Waals surface area (Å²) in [5.74, 6) is 1.23. The van der Waals surface area contributed by atoms with Crippen molar-refractivity contribution in [1.29, 1.82) is 0 Å². The minimum atomic E-state index is -0.296. The molecule has 0 radical (unpaired) electrons. The molecule has 2 N–H and O–H groups in total. The van der Waals surface area contributed by atoms with Crippen LogP contribution in [0.5, 0.6) is 0 Å². The van der Waals surface area contributed by atoms with E-state index in [4.69, 9.17) is 4.74 Å². The van der Waals surface area contributed by atoms with E-state index >= 15 is 0 Å². The van der Waals surface area contributed by atoms with Crippen LogP contribution in [0, 0.1) is 0 Å². The third-order valence-corrected chi connectivity index (χ3v) is 4.97. The van der Waals surface area contributed by atoms with Gasteiger partial charge in [0.25, 0.3) is 0 Å². The van der Waals surface area contributed by atoms with E-state index in [-0.39, 0.29) is 30.4 Å². The van der Waals surface area contributed by atoms with E-state index in [1.165, 1.54) is 12.7 Å². The van der Waals surface area contributed by atoms with Gasteiger partial charge < -0.3 is 15.4 Å². The average molecular weight is 336 g/mol. The van der Waals surface area contributed by atoms with Gasteiger partial charge >= 0.3 is 5.97 Å². The van der Waals surface area contributed by atoms with Crippen LogP contribution in [-0.4, -0.2) is 43.4 Å². The number of ether oxygens (including phenoxy) is 1. The van der Waals surface area contributed by atoms with Crippen LogP contribution in [0.3, 0.4) is 0 Å². The fourth-order valence-corrected chi connectivity index (χ4v) is 3.57. The molecule has 0 aromatic heterocycles. The van der Waals surface area contributed by atoms with Gasteiger partial charge in [-0.05, 0) is 24.9 Å². The molecule has 6 heteroatoms. The number of rotatable bonds is 8. The maximum absolute atomic E-state index is 12.2. The van der Waals surface area contributed by atoms with Gasteiger partial charge in [0.15, 0.2) is 0 Å². The van der Waals surface area contributed by atoms with Crippen molar-refractivity contribution < 1.29 is 14.3 Å². The predicted octanol–water partition coefficient (Wildman–Crippen LogP) is 1.72. The van der Waals surface area contributed by atoms with Crippen LogP contribution in [0.25, 0.3) is 0 Å². The van der Waals surface area contributed by atoms with Crippen LogP contribution in [0.15, 0.2) is 30.3 Å². The van der Waals surface area contributed by atoms with E-state index in [2.05, 4.69) is 22.8 Å². The van der Waals surface area contributed by atoms with Crippen LogP contribution in [-0.2, 0) is 20.1 Å². The number of hydrogen-bond donors (Lipinski definition) is 2. The summed E-state index contributed by atoms with van der Waals surface area (Å²) < 4.78 is 4.74. The average Bonchev–Trinajstić information content (AvgIpc) is 3.10. The van der Waals surface area contributed by atoms with Gasteiger partial charge in [0.05, 0.1) is 19.6 Å². The Bertz CT molecular complexity index is 504. The summed E-state index contributed by atoms with van der Waals surface area (Å²) in [6, 6.07) is 9.82. The number of methoxy groups -OCH3 is 1. The highest BCUT2D eigenvalue weighted by Gasteiger charge is 2.25. The number of nitrogens with one attached hydrogen (secondary N) is 2. The molecule has 0 saturated carbocycles. The number of carbonyl (C=O) groups is 2. The van der Waals surface area contributed by atoms with Crippen LogP contribution in [0.4, 0.5) is 0 Å². The molecule has 1 aliphatic rings. The van der Waals surface area contributed by atoms with Crippen LogP contribution < -0.4 is 10.6 Å². The van der Waals surface area contributed by atoms with Crippen molar-refractivity contribution in [3.8, 4) is 0 Å². The Morgan fingerprint density at radius 1 is 1.39 bits per heavy atom. The lowest BCUT2D eigenvalue weighted by Crippen LogP contribution is -2.47. The number of hydrogen-bond acceptors (Lipinski definition) is 5. The van der Waals surface area contributed by atoms with Crippen molar-refractivity contribution >= 4 is 23.6 Å². The highest BCUT2D eigenvalue weighted by molar-refractivity contribution is 7.98. The molecule has 1 saturated heterocycles. The molecule has 1 aromatic carbocycles. The van der Waals surface area contributed by atoms with E-state index in [1.54, 1.807) is 11.8 Å². The SMILES string of the molecule is COC(=O)C[C@@H](CSCc1ccccc1)NC(=O)[C@@H]1CCCN1. The molecule has 0 aliphatic carbocycles. The van der Waals surface area contributed by atoms with Gasteiger partial charge in [0.2, 0.25) is 5.91 Å². The quantitative estimate of drug-likeness (QED) is 0.708. The first-order valence-corrected chi connectivity index (χ1v) is 9.06. The fourth-order valence-electron chi connectivity index (χ4n) is 2.54. The molecule has 5 nitrogen and oxygen atoms in total. The first kappa shape index (κ1) is 17.8. The second kappa shape index (κ2) is 9.57. The molecule has 0 spiro atoms. The smallest absolute Gasteiger partial charge is 0.307 e. The lowest BCUT2D eigenvalue weighted by molar-refractivity contribution is -0.141. The highest BCUT2D eigenvalue weighted by atomic mass is 32.2. The monoisotopic (exact) mass is 336 g/mol. The fraction of sp³-hybridized carbons (Fsp3) is 0.529. The number of thioether (sulfide) groups is 1. The largest absolute Gasteiger partial charge is 0.469 e. The molecular weight excluding hydrogens is 312 g/mol. The number of carbonyl (C=O) groups excluding carboxylic acids is 2. The summed E-state index contributed by atoms with van der Waals surface area (Å²) in [5, 5.41) is 6.16. The molecule has 23 heavy (non-hydrogen) atoms. The second-order valence-electron chi connectivity index (χ2n) is 5.64. The van der Waals surface area contributed by atoms with Crippen LogP contribution >= 0.6 is 11.8 Å². The highest BCUT2D eigenvalue weighted by Crippen LogP contribution is 2.15. The van der Waals surface area contributed by atoms with Crippen molar-refractivity contribution in [3.05, 3.63) is 35.9 Å². The summed E-state index contributed by atoms with van der Waals surface area (Å²) >= 11 is 1.71. The molecule has 126 valence electrons. The van der Waals surface area contributed by atoms with Crippen molar-refractivity contribution in [2.75, 3.05) is 19.4 Å². The Labute approximate surface area is 141 Å². The van der Waals surface area contributed by atoms with E-state index in [9.17, 15) is 9.59 Å². The maximum Gasteiger partial charge on any atom is 0.307 e. The zero-order valence-electron chi connectivity index (χ0n) is 13.4. The minimum absolute atomic E-state index is 0.0169. The number of amides is 1. The van der Waals surface area contributed by atoms with Gasteiger partial charge in [0, 0.05) is 17.5 Å². The van der Waals surface area contributed by atoms with Gasteiger partial charge in [-0.15, -0.1) is 0 Å². The van der Waals surface area contributed by atoms with Crippen LogP contribution in [0.1, 0.15) is 24.8 Å². The van der Waals surface area contributed by atoms with Crippen molar-refractivity contribution in [3.63, 3.8) is 0 Å². The van der Waals surface area contributed by atoms with Crippen molar-refractivity contribution in [2.45, 2.75) is 37.1 Å². The third-order valence-electron chi connectivity index (χ3n) is 3.79. The van der Waals surface area contributed by atoms with E-state index in [1.807, 2.05) is 18.2 Å². The first-order chi connectivity index (χ1) is 11.2. The van der Waals surface area contributed by atoms with E-state index < -0.39 is 0 Å². The summed E-state index contributed by atoms with van der Waals surface area (Å²) in [4.78, 5) is 23.8. The molecule has 1 fully saturated rings. The lowest BCUT2D eigenvalue weighted by Gasteiger charge is -2.20. The zero-order chi connectivity index (χ0) is 16.5. The second-order valence-corrected chi connectivity index (χ2v) is 6.67. The van der Waals surface area contributed by atoms with Crippen molar-refractivity contribution in [2.24, 2.45) is 0 Å². The normalized spacial score (nSPS) is 18.4. The molecule has 0 bridgehead atoms. The van der Waals surface area contributed by atoms with Gasteiger partial charge in [-0.1, -0.05) is 30.3 Å². The summed E-state index contributed by atoms with van der Waals surface area (Å²) in [7, 11) is 1.37. The molecule has 1 heterocycles. The number of esters is 1. The van der Waals surface area contributed by atoms with Crippen molar-refractivity contribution in [1.82, 2.24) is 10.6 Å². The lowest BCUT2D eigenvalue weighted by atomic mass is 10.2. The molecule has 0 unspecified atom stereocenters. The molecule has 1 aromatic rings. The topological polar surface area (TPSA) is 67.4 Å². The van der Waals surface area contributed by atoms with E-state index in [0.717, 1.165) is 25.1 Å². The standard InChI is InChI=1S/C17H24N2O3S/c1-22-16(20)10-14(19-17(21)15-8-5-9-18-15)12-23-11-13-6-3-2-4-7-13/h2-4,6-7,14-15,18H,5,8-12H2,1H3,(H,19,21)/t14-,15-/m0/s1. The molecular formula is C17H24N2O3S. The third kappa shape index (κ3) is 6.23. The Morgan fingerprint density at radius 3 is 2.83 bits per heavy atom. The van der Waals surface area contributed by atoms with Gasteiger partial charge in [-0.2, -0.15) is 11.8 Å². The molecule has 1 amide bonds. The maximum atomic E-state index is 12.2. The summed E-state index contributed by atoms with van der Waals surface area (Å²) in [5.41, 5.74) is 1.23.